The highest BCUT2D eigenvalue weighted by Gasteiger charge is 2.22. The van der Waals surface area contributed by atoms with E-state index in [0.717, 1.165) is 38.2 Å². The van der Waals surface area contributed by atoms with Gasteiger partial charge in [-0.15, -0.1) is 0 Å². The van der Waals surface area contributed by atoms with E-state index >= 15 is 0 Å². The zero-order valence-electron chi connectivity index (χ0n) is 19.6. The van der Waals surface area contributed by atoms with E-state index in [-0.39, 0.29) is 12.5 Å². The van der Waals surface area contributed by atoms with Crippen LogP contribution >= 0.6 is 0 Å². The molecular formula is C31H25N3O2. The van der Waals surface area contributed by atoms with E-state index in [0.29, 0.717) is 0 Å². The molecule has 0 saturated heterocycles. The molecule has 5 aromatic carbocycles. The van der Waals surface area contributed by atoms with E-state index in [1.807, 2.05) is 97.1 Å². The molecule has 0 aromatic heterocycles. The Hall–Kier alpha value is -4.77. The van der Waals surface area contributed by atoms with Crippen LogP contribution in [0.5, 0.6) is 0 Å². The Balaban J connectivity index is 1.29. The summed E-state index contributed by atoms with van der Waals surface area (Å²) in [6.07, 6.45) is 1.67. The second-order valence-corrected chi connectivity index (χ2v) is 8.50. The van der Waals surface area contributed by atoms with Gasteiger partial charge in [0, 0.05) is 5.56 Å². The average molecular weight is 472 g/mol. The summed E-state index contributed by atoms with van der Waals surface area (Å²) in [5, 5.41) is 11.3. The Morgan fingerprint density at radius 1 is 0.694 bits per heavy atom. The molecule has 0 aliphatic heterocycles. The molecule has 36 heavy (non-hydrogen) atoms. The van der Waals surface area contributed by atoms with Gasteiger partial charge in [-0.2, -0.15) is 5.10 Å². The van der Waals surface area contributed by atoms with Crippen molar-refractivity contribution in [3.05, 3.63) is 132 Å². The number of carbonyl (C=O) groups excluding carboxylic acids is 2. The number of nitrogens with zero attached hydrogens (tertiary/aromatic N) is 1. The number of benzene rings is 5. The minimum atomic E-state index is -0.509. The molecule has 0 aliphatic carbocycles. The van der Waals surface area contributed by atoms with Crippen LogP contribution in [-0.2, 0) is 9.59 Å². The average Bonchev–Trinajstić information content (AvgIpc) is 2.93. The summed E-state index contributed by atoms with van der Waals surface area (Å²) in [4.78, 5) is 25.6. The van der Waals surface area contributed by atoms with Crippen molar-refractivity contribution >= 4 is 39.6 Å². The quantitative estimate of drug-likeness (QED) is 0.190. The number of hydrogen-bond donors (Lipinski definition) is 2. The summed E-state index contributed by atoms with van der Waals surface area (Å²) in [6, 6.07) is 37.4. The molecule has 0 saturated carbocycles. The number of hydrogen-bond acceptors (Lipinski definition) is 3. The standard InChI is InChI=1S/C31H25N3O2/c35-29(21-32-31(36)30(22-11-3-1-4-12-22)23-13-5-2-6-14-23)34-33-20-28-26-17-9-7-15-24(26)19-25-16-8-10-18-27(25)28/h1-20,30H,21H2,(H,32,36)(H,34,35). The largest absolute Gasteiger partial charge is 0.346 e. The molecule has 0 atom stereocenters. The van der Waals surface area contributed by atoms with Crippen LogP contribution in [0.15, 0.2) is 120 Å². The molecule has 5 heteroatoms. The van der Waals surface area contributed by atoms with Crippen LogP contribution in [0.4, 0.5) is 0 Å². The van der Waals surface area contributed by atoms with Crippen molar-refractivity contribution in [1.29, 1.82) is 0 Å². The summed E-state index contributed by atoms with van der Waals surface area (Å²) < 4.78 is 0. The van der Waals surface area contributed by atoms with Crippen LogP contribution in [0, 0.1) is 0 Å². The Bertz CT molecular complexity index is 1450. The highest BCUT2D eigenvalue weighted by atomic mass is 16.2. The SMILES string of the molecule is O=C(CNC(=O)C(c1ccccc1)c1ccccc1)NN=Cc1c2ccccc2cc2ccccc12. The van der Waals surface area contributed by atoms with E-state index in [4.69, 9.17) is 0 Å². The fraction of sp³-hybridized carbons (Fsp3) is 0.0645. The summed E-state index contributed by atoms with van der Waals surface area (Å²) in [5.74, 6) is -1.15. The summed E-state index contributed by atoms with van der Waals surface area (Å²) in [7, 11) is 0. The molecular weight excluding hydrogens is 446 g/mol. The molecule has 0 bridgehead atoms. The fourth-order valence-electron chi connectivity index (χ4n) is 4.45. The zero-order valence-corrected chi connectivity index (χ0v) is 19.6. The van der Waals surface area contributed by atoms with Crippen molar-refractivity contribution < 1.29 is 9.59 Å². The first-order chi connectivity index (χ1) is 17.7. The lowest BCUT2D eigenvalue weighted by molar-refractivity contribution is -0.126. The van der Waals surface area contributed by atoms with E-state index in [1.54, 1.807) is 6.21 Å². The van der Waals surface area contributed by atoms with Crippen LogP contribution in [0.1, 0.15) is 22.6 Å². The van der Waals surface area contributed by atoms with Gasteiger partial charge < -0.3 is 5.32 Å². The molecule has 0 heterocycles. The van der Waals surface area contributed by atoms with Gasteiger partial charge in [0.2, 0.25) is 5.91 Å². The summed E-state index contributed by atoms with van der Waals surface area (Å²) in [5.41, 5.74) is 5.21. The topological polar surface area (TPSA) is 70.6 Å². The van der Waals surface area contributed by atoms with Crippen LogP contribution in [0.3, 0.4) is 0 Å². The molecule has 0 unspecified atom stereocenters. The van der Waals surface area contributed by atoms with Gasteiger partial charge in [0.05, 0.1) is 18.7 Å². The van der Waals surface area contributed by atoms with E-state index < -0.39 is 11.8 Å². The smallest absolute Gasteiger partial charge is 0.259 e. The van der Waals surface area contributed by atoms with Gasteiger partial charge in [-0.1, -0.05) is 109 Å². The van der Waals surface area contributed by atoms with Crippen molar-refractivity contribution in [2.45, 2.75) is 5.92 Å². The molecule has 0 aliphatic rings. The van der Waals surface area contributed by atoms with Gasteiger partial charge >= 0.3 is 0 Å². The van der Waals surface area contributed by atoms with Gasteiger partial charge in [0.1, 0.15) is 0 Å². The predicted octanol–water partition coefficient (Wildman–Crippen LogP) is 5.39. The lowest BCUT2D eigenvalue weighted by atomic mass is 9.90. The molecule has 5 rings (SSSR count). The van der Waals surface area contributed by atoms with Gasteiger partial charge in [-0.3, -0.25) is 9.59 Å². The molecule has 176 valence electrons. The zero-order chi connectivity index (χ0) is 24.7. The lowest BCUT2D eigenvalue weighted by Crippen LogP contribution is -2.37. The molecule has 2 amide bonds. The number of fused-ring (bicyclic) bond motifs is 2. The molecule has 0 radical (unpaired) electrons. The highest BCUT2D eigenvalue weighted by Crippen LogP contribution is 2.27. The van der Waals surface area contributed by atoms with Gasteiger partial charge in [0.15, 0.2) is 0 Å². The van der Waals surface area contributed by atoms with Crippen LogP contribution in [0.25, 0.3) is 21.5 Å². The number of nitrogens with one attached hydrogen (secondary N) is 2. The second kappa shape index (κ2) is 10.7. The van der Waals surface area contributed by atoms with Crippen molar-refractivity contribution in [2.75, 3.05) is 6.54 Å². The van der Waals surface area contributed by atoms with Crippen molar-refractivity contribution in [2.24, 2.45) is 5.10 Å². The second-order valence-electron chi connectivity index (χ2n) is 8.50. The Morgan fingerprint density at radius 2 is 1.19 bits per heavy atom. The first kappa shape index (κ1) is 23.0. The third kappa shape index (κ3) is 5.00. The Morgan fingerprint density at radius 3 is 1.75 bits per heavy atom. The van der Waals surface area contributed by atoms with E-state index in [2.05, 4.69) is 34.0 Å². The van der Waals surface area contributed by atoms with Gasteiger partial charge in [-0.05, 0) is 38.7 Å². The molecule has 5 aromatic rings. The van der Waals surface area contributed by atoms with Crippen molar-refractivity contribution in [3.63, 3.8) is 0 Å². The summed E-state index contributed by atoms with van der Waals surface area (Å²) in [6.45, 7) is -0.178. The van der Waals surface area contributed by atoms with E-state index in [1.165, 1.54) is 0 Å². The first-order valence-electron chi connectivity index (χ1n) is 11.8. The number of carbonyl (C=O) groups is 2. The van der Waals surface area contributed by atoms with Crippen LogP contribution in [-0.4, -0.2) is 24.6 Å². The number of amides is 2. The Kier molecular flexibility index (Phi) is 6.81. The van der Waals surface area contributed by atoms with Gasteiger partial charge in [0.25, 0.3) is 5.91 Å². The fourth-order valence-corrected chi connectivity index (χ4v) is 4.45. The third-order valence-electron chi connectivity index (χ3n) is 6.15. The van der Waals surface area contributed by atoms with Crippen LogP contribution in [0.2, 0.25) is 0 Å². The maximum atomic E-state index is 13.1. The maximum Gasteiger partial charge on any atom is 0.259 e. The molecule has 2 N–H and O–H groups in total. The van der Waals surface area contributed by atoms with Crippen molar-refractivity contribution in [3.8, 4) is 0 Å². The minimum Gasteiger partial charge on any atom is -0.346 e. The molecule has 0 fully saturated rings. The van der Waals surface area contributed by atoms with Crippen molar-refractivity contribution in [1.82, 2.24) is 10.7 Å². The summed E-state index contributed by atoms with van der Waals surface area (Å²) >= 11 is 0. The minimum absolute atomic E-state index is 0.178. The third-order valence-corrected chi connectivity index (χ3v) is 6.15. The molecule has 5 nitrogen and oxygen atoms in total. The number of hydrazone groups is 1. The van der Waals surface area contributed by atoms with E-state index in [9.17, 15) is 9.59 Å². The van der Waals surface area contributed by atoms with Gasteiger partial charge in [-0.25, -0.2) is 5.43 Å². The highest BCUT2D eigenvalue weighted by molar-refractivity contribution is 6.13. The van der Waals surface area contributed by atoms with Crippen LogP contribution < -0.4 is 10.7 Å². The maximum absolute atomic E-state index is 13.1. The normalized spacial score (nSPS) is 11.2. The molecule has 0 spiro atoms. The Labute approximate surface area is 209 Å². The first-order valence-corrected chi connectivity index (χ1v) is 11.8. The lowest BCUT2D eigenvalue weighted by Gasteiger charge is -2.17. The number of rotatable bonds is 7. The predicted molar refractivity (Wildman–Crippen MR) is 145 cm³/mol. The monoisotopic (exact) mass is 471 g/mol.